The molecule has 1 atom stereocenters. The van der Waals surface area contributed by atoms with E-state index in [9.17, 15) is 4.79 Å². The highest BCUT2D eigenvalue weighted by Crippen LogP contribution is 2.04. The van der Waals surface area contributed by atoms with Crippen LogP contribution >= 0.6 is 0 Å². The van der Waals surface area contributed by atoms with Gasteiger partial charge in [-0.15, -0.1) is 0 Å². The molecule has 2 N–H and O–H groups in total. The van der Waals surface area contributed by atoms with Gasteiger partial charge in [0.15, 0.2) is 0 Å². The second-order valence-electron chi connectivity index (χ2n) is 3.52. The Balaban J connectivity index is 2.56. The van der Waals surface area contributed by atoms with Gasteiger partial charge in [-0.3, -0.25) is 14.4 Å². The number of rotatable bonds is 4. The Morgan fingerprint density at radius 2 is 2.43 bits per heavy atom. The maximum atomic E-state index is 10.9. The van der Waals surface area contributed by atoms with Crippen molar-refractivity contribution in [1.29, 1.82) is 0 Å². The fourth-order valence-corrected chi connectivity index (χ4v) is 1.20. The maximum Gasteiger partial charge on any atom is 0.234 e. The van der Waals surface area contributed by atoms with Gasteiger partial charge in [-0.25, -0.2) is 0 Å². The van der Waals surface area contributed by atoms with E-state index in [1.165, 1.54) is 0 Å². The second-order valence-corrected chi connectivity index (χ2v) is 3.52. The van der Waals surface area contributed by atoms with Crippen LogP contribution < -0.4 is 5.73 Å². The molecule has 0 aliphatic rings. The van der Waals surface area contributed by atoms with Gasteiger partial charge in [-0.05, 0) is 14.0 Å². The quantitative estimate of drug-likeness (QED) is 0.720. The first-order valence-corrected chi connectivity index (χ1v) is 4.47. The minimum absolute atomic E-state index is 0.254. The molecular weight excluding hydrogens is 180 g/mol. The zero-order chi connectivity index (χ0) is 10.7. The highest BCUT2D eigenvalue weighted by Gasteiger charge is 2.14. The molecule has 0 spiro atoms. The summed E-state index contributed by atoms with van der Waals surface area (Å²) in [5.41, 5.74) is 6.27. The van der Waals surface area contributed by atoms with E-state index >= 15 is 0 Å². The van der Waals surface area contributed by atoms with Crippen LogP contribution in [0.4, 0.5) is 0 Å². The fraction of sp³-hybridized carbons (Fsp3) is 0.556. The van der Waals surface area contributed by atoms with Crippen LogP contribution in [0.25, 0.3) is 0 Å². The van der Waals surface area contributed by atoms with Crippen LogP contribution in [0.3, 0.4) is 0 Å². The first-order valence-electron chi connectivity index (χ1n) is 4.47. The number of amides is 1. The lowest BCUT2D eigenvalue weighted by Gasteiger charge is -2.20. The third-order valence-electron chi connectivity index (χ3n) is 2.26. The van der Waals surface area contributed by atoms with Gasteiger partial charge < -0.3 is 5.73 Å². The van der Waals surface area contributed by atoms with Gasteiger partial charge in [-0.1, -0.05) is 0 Å². The average molecular weight is 196 g/mol. The number of nitrogens with zero attached hydrogens (tertiary/aromatic N) is 3. The molecule has 5 nitrogen and oxygen atoms in total. The number of carbonyl (C=O) groups is 1. The summed E-state index contributed by atoms with van der Waals surface area (Å²) in [5.74, 6) is -0.309. The van der Waals surface area contributed by atoms with Crippen molar-refractivity contribution in [3.8, 4) is 0 Å². The van der Waals surface area contributed by atoms with Crippen molar-refractivity contribution in [3.63, 3.8) is 0 Å². The Labute approximate surface area is 83.5 Å². The van der Waals surface area contributed by atoms with E-state index in [0.717, 1.165) is 5.56 Å². The normalized spacial score (nSPS) is 13.1. The Hall–Kier alpha value is -1.36. The number of carbonyl (C=O) groups excluding carboxylic acids is 1. The number of hydrogen-bond acceptors (Lipinski definition) is 3. The molecule has 0 fully saturated rings. The fourth-order valence-electron chi connectivity index (χ4n) is 1.20. The molecule has 1 aromatic heterocycles. The Morgan fingerprint density at radius 1 is 1.79 bits per heavy atom. The molecular formula is C9H16N4O. The van der Waals surface area contributed by atoms with Crippen LogP contribution in [-0.4, -0.2) is 33.7 Å². The molecule has 0 aliphatic carbocycles. The van der Waals surface area contributed by atoms with Crippen molar-refractivity contribution < 1.29 is 4.79 Å². The Bertz CT molecular complexity index is 320. The van der Waals surface area contributed by atoms with E-state index in [4.69, 9.17) is 5.73 Å². The van der Waals surface area contributed by atoms with Crippen molar-refractivity contribution in [3.05, 3.63) is 18.0 Å². The van der Waals surface area contributed by atoms with Gasteiger partial charge in [0.2, 0.25) is 5.91 Å². The van der Waals surface area contributed by atoms with Gasteiger partial charge in [0.05, 0.1) is 12.2 Å². The Morgan fingerprint density at radius 3 is 2.86 bits per heavy atom. The van der Waals surface area contributed by atoms with Gasteiger partial charge in [0.1, 0.15) is 0 Å². The monoisotopic (exact) mass is 196 g/mol. The topological polar surface area (TPSA) is 64.2 Å². The summed E-state index contributed by atoms with van der Waals surface area (Å²) < 4.78 is 1.73. The van der Waals surface area contributed by atoms with Crippen LogP contribution in [0.2, 0.25) is 0 Å². The molecule has 1 amide bonds. The highest BCUT2D eigenvalue weighted by molar-refractivity contribution is 5.79. The van der Waals surface area contributed by atoms with Crippen LogP contribution in [0, 0.1) is 0 Å². The maximum absolute atomic E-state index is 10.9. The van der Waals surface area contributed by atoms with E-state index in [1.54, 1.807) is 17.8 Å². The van der Waals surface area contributed by atoms with Gasteiger partial charge >= 0.3 is 0 Å². The van der Waals surface area contributed by atoms with E-state index in [1.807, 2.05) is 25.2 Å². The predicted molar refractivity (Wildman–Crippen MR) is 53.3 cm³/mol. The summed E-state index contributed by atoms with van der Waals surface area (Å²) in [7, 11) is 3.73. The molecule has 78 valence electrons. The van der Waals surface area contributed by atoms with E-state index in [0.29, 0.717) is 6.54 Å². The highest BCUT2D eigenvalue weighted by atomic mass is 16.1. The standard InChI is InChI=1S/C9H16N4O/c1-7(9(10)14)12(2)5-8-4-11-13(3)6-8/h4,6-7H,5H2,1-3H3,(H2,10,14). The summed E-state index contributed by atoms with van der Waals surface area (Å²) >= 11 is 0. The van der Waals surface area contributed by atoms with Gasteiger partial charge in [0, 0.05) is 25.4 Å². The molecule has 0 bridgehead atoms. The molecule has 1 rings (SSSR count). The smallest absolute Gasteiger partial charge is 0.234 e. The molecule has 1 heterocycles. The van der Waals surface area contributed by atoms with Crippen LogP contribution in [-0.2, 0) is 18.4 Å². The number of aryl methyl sites for hydroxylation is 1. The van der Waals surface area contributed by atoms with Gasteiger partial charge in [-0.2, -0.15) is 5.10 Å². The van der Waals surface area contributed by atoms with Crippen molar-refractivity contribution in [2.24, 2.45) is 12.8 Å². The van der Waals surface area contributed by atoms with Crippen molar-refractivity contribution in [1.82, 2.24) is 14.7 Å². The molecule has 0 aliphatic heterocycles. The first-order chi connectivity index (χ1) is 6.50. The van der Waals surface area contributed by atoms with Crippen molar-refractivity contribution >= 4 is 5.91 Å². The number of aromatic nitrogens is 2. The summed E-state index contributed by atoms with van der Waals surface area (Å²) in [6.07, 6.45) is 3.70. The molecule has 5 heteroatoms. The molecule has 14 heavy (non-hydrogen) atoms. The molecule has 0 saturated heterocycles. The average Bonchev–Trinajstić information content (AvgIpc) is 2.49. The lowest BCUT2D eigenvalue weighted by molar-refractivity contribution is -0.122. The third kappa shape index (κ3) is 2.56. The van der Waals surface area contributed by atoms with Crippen LogP contribution in [0.5, 0.6) is 0 Å². The number of nitrogens with two attached hydrogens (primary N) is 1. The number of likely N-dealkylation sites (N-methyl/N-ethyl adjacent to an activating group) is 1. The summed E-state index contributed by atoms with van der Waals surface area (Å²) in [6.45, 7) is 2.47. The zero-order valence-electron chi connectivity index (χ0n) is 8.77. The SMILES string of the molecule is CC(C(N)=O)N(C)Cc1cnn(C)c1. The Kier molecular flexibility index (Phi) is 3.24. The molecule has 0 radical (unpaired) electrons. The molecule has 1 unspecified atom stereocenters. The van der Waals surface area contributed by atoms with E-state index in [-0.39, 0.29) is 11.9 Å². The van der Waals surface area contributed by atoms with Crippen LogP contribution in [0.15, 0.2) is 12.4 Å². The van der Waals surface area contributed by atoms with Crippen molar-refractivity contribution in [2.45, 2.75) is 19.5 Å². The van der Waals surface area contributed by atoms with Crippen LogP contribution in [0.1, 0.15) is 12.5 Å². The van der Waals surface area contributed by atoms with E-state index < -0.39 is 0 Å². The number of hydrogen-bond donors (Lipinski definition) is 1. The zero-order valence-corrected chi connectivity index (χ0v) is 8.77. The molecule has 0 saturated carbocycles. The minimum atomic E-state index is -0.309. The lowest BCUT2D eigenvalue weighted by atomic mass is 10.2. The number of primary amides is 1. The summed E-state index contributed by atoms with van der Waals surface area (Å²) in [4.78, 5) is 12.8. The van der Waals surface area contributed by atoms with E-state index in [2.05, 4.69) is 5.10 Å². The molecule has 1 aromatic rings. The summed E-state index contributed by atoms with van der Waals surface area (Å²) in [5, 5.41) is 4.05. The lowest BCUT2D eigenvalue weighted by Crippen LogP contribution is -2.39. The predicted octanol–water partition coefficient (Wildman–Crippen LogP) is -0.274. The summed E-state index contributed by atoms with van der Waals surface area (Å²) in [6, 6.07) is -0.254. The van der Waals surface area contributed by atoms with Crippen molar-refractivity contribution in [2.75, 3.05) is 7.05 Å². The third-order valence-corrected chi connectivity index (χ3v) is 2.26. The minimum Gasteiger partial charge on any atom is -0.368 e. The van der Waals surface area contributed by atoms with Gasteiger partial charge in [0.25, 0.3) is 0 Å². The second kappa shape index (κ2) is 4.23. The largest absolute Gasteiger partial charge is 0.368 e. The first kappa shape index (κ1) is 10.7. The molecule has 0 aromatic carbocycles.